The normalized spacial score (nSPS) is 10.6. The second-order valence-electron chi connectivity index (χ2n) is 4.71. The molecule has 0 saturated carbocycles. The summed E-state index contributed by atoms with van der Waals surface area (Å²) < 4.78 is 10.2. The maximum atomic E-state index is 5.36. The summed E-state index contributed by atoms with van der Waals surface area (Å²) in [5, 5.41) is 0. The Morgan fingerprint density at radius 3 is 2.22 bits per heavy atom. The maximum Gasteiger partial charge on any atom is 0.188 e. The van der Waals surface area contributed by atoms with Gasteiger partial charge in [-0.25, -0.2) is 0 Å². The van der Waals surface area contributed by atoms with Crippen LogP contribution >= 0.6 is 0 Å². The molecule has 0 aliphatic heterocycles. The van der Waals surface area contributed by atoms with E-state index in [-0.39, 0.29) is 0 Å². The largest absolute Gasteiger partial charge is 0.468 e. The molecule has 0 atom stereocenters. The van der Waals surface area contributed by atoms with Gasteiger partial charge in [-0.1, -0.05) is 51.2 Å². The molecule has 0 saturated heterocycles. The molecule has 0 aliphatic carbocycles. The van der Waals surface area contributed by atoms with E-state index in [1.54, 1.807) is 7.11 Å². The molecule has 0 fully saturated rings. The summed E-state index contributed by atoms with van der Waals surface area (Å²) in [4.78, 5) is 0. The fraction of sp³-hybridized carbons (Fsp3) is 0.625. The van der Waals surface area contributed by atoms with Gasteiger partial charge in [-0.2, -0.15) is 0 Å². The van der Waals surface area contributed by atoms with E-state index in [0.717, 1.165) is 5.75 Å². The number of benzene rings is 1. The van der Waals surface area contributed by atoms with Crippen LogP contribution in [-0.4, -0.2) is 13.9 Å². The highest BCUT2D eigenvalue weighted by molar-refractivity contribution is 5.27. The van der Waals surface area contributed by atoms with Crippen molar-refractivity contribution >= 4 is 0 Å². The van der Waals surface area contributed by atoms with Gasteiger partial charge in [0.1, 0.15) is 5.75 Å². The smallest absolute Gasteiger partial charge is 0.188 e. The van der Waals surface area contributed by atoms with Gasteiger partial charge in [0, 0.05) is 7.11 Å². The molecule has 1 rings (SSSR count). The quantitative estimate of drug-likeness (QED) is 0.447. The Morgan fingerprint density at radius 2 is 1.56 bits per heavy atom. The van der Waals surface area contributed by atoms with Crippen LogP contribution in [0, 0.1) is 0 Å². The van der Waals surface area contributed by atoms with Crippen molar-refractivity contribution in [1.29, 1.82) is 0 Å². The monoisotopic (exact) mass is 250 g/mol. The van der Waals surface area contributed by atoms with Gasteiger partial charge in [-0.15, -0.1) is 0 Å². The molecule has 0 heterocycles. The number of unbranched alkanes of at least 4 members (excludes halogenated alkanes) is 5. The predicted octanol–water partition coefficient (Wildman–Crippen LogP) is 4.57. The van der Waals surface area contributed by atoms with Crippen molar-refractivity contribution in [3.8, 4) is 5.75 Å². The van der Waals surface area contributed by atoms with Crippen molar-refractivity contribution in [3.63, 3.8) is 0 Å². The predicted molar refractivity (Wildman–Crippen MR) is 76.0 cm³/mol. The average molecular weight is 250 g/mol. The van der Waals surface area contributed by atoms with Crippen LogP contribution in [0.5, 0.6) is 5.75 Å². The lowest BCUT2D eigenvalue weighted by molar-refractivity contribution is 0.0511. The molecule has 102 valence electrons. The summed E-state index contributed by atoms with van der Waals surface area (Å²) in [6, 6.07) is 8.34. The number of ether oxygens (including phenoxy) is 2. The van der Waals surface area contributed by atoms with Gasteiger partial charge >= 0.3 is 0 Å². The minimum Gasteiger partial charge on any atom is -0.468 e. The van der Waals surface area contributed by atoms with E-state index in [9.17, 15) is 0 Å². The van der Waals surface area contributed by atoms with Crippen molar-refractivity contribution in [2.75, 3.05) is 13.9 Å². The zero-order chi connectivity index (χ0) is 13.1. The summed E-state index contributed by atoms with van der Waals surface area (Å²) in [5.74, 6) is 0.878. The maximum absolute atomic E-state index is 5.36. The Hall–Kier alpha value is -1.02. The molecule has 1 aromatic carbocycles. The van der Waals surface area contributed by atoms with Gasteiger partial charge in [0.15, 0.2) is 6.79 Å². The Labute approximate surface area is 111 Å². The van der Waals surface area contributed by atoms with E-state index < -0.39 is 0 Å². The van der Waals surface area contributed by atoms with E-state index in [4.69, 9.17) is 9.47 Å². The second-order valence-corrected chi connectivity index (χ2v) is 4.71. The highest BCUT2D eigenvalue weighted by Crippen LogP contribution is 2.15. The fourth-order valence-electron chi connectivity index (χ4n) is 1.99. The number of methoxy groups -OCH3 is 1. The molecular formula is C16H26O2. The standard InChI is InChI=1S/C16H26O2/c1-3-4-5-6-7-8-9-15-10-12-16(13-11-15)18-14-17-2/h10-13H,3-9,14H2,1-2H3. The van der Waals surface area contributed by atoms with Crippen molar-refractivity contribution < 1.29 is 9.47 Å². The number of rotatable bonds is 10. The van der Waals surface area contributed by atoms with Gasteiger partial charge < -0.3 is 9.47 Å². The molecular weight excluding hydrogens is 224 g/mol. The van der Waals surface area contributed by atoms with Crippen LogP contribution in [0.1, 0.15) is 51.0 Å². The first-order chi connectivity index (χ1) is 8.86. The molecule has 0 radical (unpaired) electrons. The van der Waals surface area contributed by atoms with Crippen LogP contribution in [-0.2, 0) is 11.2 Å². The Morgan fingerprint density at radius 1 is 0.889 bits per heavy atom. The Kier molecular flexibility index (Phi) is 8.32. The van der Waals surface area contributed by atoms with Crippen LogP contribution in [0.3, 0.4) is 0 Å². The Balaban J connectivity index is 2.14. The van der Waals surface area contributed by atoms with Gasteiger partial charge in [0.25, 0.3) is 0 Å². The molecule has 0 aliphatic rings. The fourth-order valence-corrected chi connectivity index (χ4v) is 1.99. The molecule has 2 nitrogen and oxygen atoms in total. The first kappa shape index (κ1) is 15.0. The van der Waals surface area contributed by atoms with Gasteiger partial charge in [-0.05, 0) is 30.5 Å². The first-order valence-electron chi connectivity index (χ1n) is 7.07. The van der Waals surface area contributed by atoms with Crippen LogP contribution in [0.25, 0.3) is 0 Å². The van der Waals surface area contributed by atoms with Crippen molar-refractivity contribution in [2.45, 2.75) is 51.9 Å². The van der Waals surface area contributed by atoms with E-state index >= 15 is 0 Å². The molecule has 0 N–H and O–H groups in total. The third-order valence-electron chi connectivity index (χ3n) is 3.09. The van der Waals surface area contributed by atoms with Gasteiger partial charge in [0.05, 0.1) is 0 Å². The van der Waals surface area contributed by atoms with Crippen molar-refractivity contribution in [3.05, 3.63) is 29.8 Å². The minimum absolute atomic E-state index is 0.316. The van der Waals surface area contributed by atoms with E-state index in [2.05, 4.69) is 19.1 Å². The molecule has 2 heteroatoms. The second kappa shape index (κ2) is 9.95. The van der Waals surface area contributed by atoms with E-state index in [0.29, 0.717) is 6.79 Å². The highest BCUT2D eigenvalue weighted by atomic mass is 16.7. The highest BCUT2D eigenvalue weighted by Gasteiger charge is 1.96. The van der Waals surface area contributed by atoms with Crippen molar-refractivity contribution in [2.24, 2.45) is 0 Å². The SMILES string of the molecule is CCCCCCCCc1ccc(OCOC)cc1. The molecule has 0 spiro atoms. The van der Waals surface area contributed by atoms with Crippen LogP contribution in [0.4, 0.5) is 0 Å². The lowest BCUT2D eigenvalue weighted by Gasteiger charge is -2.06. The Bertz CT molecular complexity index is 292. The molecule has 0 bridgehead atoms. The zero-order valence-corrected chi connectivity index (χ0v) is 11.8. The molecule has 0 amide bonds. The van der Waals surface area contributed by atoms with Crippen LogP contribution in [0.15, 0.2) is 24.3 Å². The summed E-state index contributed by atoms with van der Waals surface area (Å²) in [7, 11) is 1.63. The molecule has 0 aromatic heterocycles. The summed E-state index contributed by atoms with van der Waals surface area (Å²) in [6.07, 6.45) is 9.29. The van der Waals surface area contributed by atoms with Crippen LogP contribution in [0.2, 0.25) is 0 Å². The minimum atomic E-state index is 0.316. The van der Waals surface area contributed by atoms with Crippen LogP contribution < -0.4 is 4.74 Å². The first-order valence-corrected chi connectivity index (χ1v) is 7.07. The lowest BCUT2D eigenvalue weighted by atomic mass is 10.1. The molecule has 0 unspecified atom stereocenters. The lowest BCUT2D eigenvalue weighted by Crippen LogP contribution is -1.98. The zero-order valence-electron chi connectivity index (χ0n) is 11.8. The van der Waals surface area contributed by atoms with E-state index in [1.807, 2.05) is 12.1 Å². The summed E-state index contributed by atoms with van der Waals surface area (Å²) in [6.45, 7) is 2.57. The van der Waals surface area contributed by atoms with Gasteiger partial charge in [-0.3, -0.25) is 0 Å². The van der Waals surface area contributed by atoms with E-state index in [1.165, 1.54) is 50.5 Å². The molecule has 1 aromatic rings. The van der Waals surface area contributed by atoms with Crippen molar-refractivity contribution in [1.82, 2.24) is 0 Å². The topological polar surface area (TPSA) is 18.5 Å². The molecule has 18 heavy (non-hydrogen) atoms. The third-order valence-corrected chi connectivity index (χ3v) is 3.09. The van der Waals surface area contributed by atoms with Gasteiger partial charge in [0.2, 0.25) is 0 Å². The summed E-state index contributed by atoms with van der Waals surface area (Å²) in [5.41, 5.74) is 1.40. The third kappa shape index (κ3) is 6.65. The number of hydrogen-bond donors (Lipinski definition) is 0. The number of aryl methyl sites for hydroxylation is 1. The average Bonchev–Trinajstić information content (AvgIpc) is 2.42. The number of hydrogen-bond acceptors (Lipinski definition) is 2. The summed E-state index contributed by atoms with van der Waals surface area (Å²) >= 11 is 0.